The Morgan fingerprint density at radius 3 is 2.00 bits per heavy atom. The Bertz CT molecular complexity index is 975. The second-order valence-corrected chi connectivity index (χ2v) is 12.3. The molecule has 0 unspecified atom stereocenters. The van der Waals surface area contributed by atoms with Gasteiger partial charge in [0.2, 0.25) is 10.0 Å². The van der Waals surface area contributed by atoms with Gasteiger partial charge in [-0.2, -0.15) is 0 Å². The maximum Gasteiger partial charge on any atom is 0.251 e. The molecule has 160 valence electrons. The Kier molecular flexibility index (Phi) is 6.52. The SMILES string of the molecule is CNS(=O)(=O)c1ccc(CNC(=O)c2cc(C(C)(C)C)c(O)c(C(C)(C)C)c2)s1. The van der Waals surface area contributed by atoms with Gasteiger partial charge in [-0.1, -0.05) is 41.5 Å². The van der Waals surface area contributed by atoms with Gasteiger partial charge < -0.3 is 10.4 Å². The van der Waals surface area contributed by atoms with Crippen molar-refractivity contribution in [1.82, 2.24) is 10.0 Å². The van der Waals surface area contributed by atoms with E-state index in [2.05, 4.69) is 10.0 Å². The normalized spacial score (nSPS) is 12.8. The predicted molar refractivity (Wildman–Crippen MR) is 117 cm³/mol. The van der Waals surface area contributed by atoms with Gasteiger partial charge in [0.05, 0.1) is 6.54 Å². The third-order valence-electron chi connectivity index (χ3n) is 4.58. The number of aromatic hydroxyl groups is 1. The van der Waals surface area contributed by atoms with Gasteiger partial charge in [-0.3, -0.25) is 4.79 Å². The lowest BCUT2D eigenvalue weighted by atomic mass is 9.78. The molecule has 0 aliphatic carbocycles. The molecule has 1 amide bonds. The maximum absolute atomic E-state index is 12.8. The molecule has 0 saturated heterocycles. The zero-order chi connectivity index (χ0) is 22.2. The molecule has 2 rings (SSSR count). The molecule has 1 heterocycles. The summed E-state index contributed by atoms with van der Waals surface area (Å²) in [6.45, 7) is 12.2. The Morgan fingerprint density at radius 1 is 1.03 bits per heavy atom. The Balaban J connectivity index is 2.31. The van der Waals surface area contributed by atoms with Crippen LogP contribution in [0.1, 0.15) is 67.9 Å². The number of amides is 1. The van der Waals surface area contributed by atoms with E-state index in [9.17, 15) is 18.3 Å². The van der Waals surface area contributed by atoms with E-state index in [1.54, 1.807) is 18.2 Å². The molecule has 1 aromatic carbocycles. The lowest BCUT2D eigenvalue weighted by Gasteiger charge is -2.28. The first-order valence-corrected chi connectivity index (χ1v) is 11.6. The van der Waals surface area contributed by atoms with Crippen molar-refractivity contribution in [2.45, 2.75) is 63.1 Å². The van der Waals surface area contributed by atoms with E-state index in [0.717, 1.165) is 16.2 Å². The van der Waals surface area contributed by atoms with Gasteiger partial charge in [0.1, 0.15) is 9.96 Å². The number of carbonyl (C=O) groups excluding carboxylic acids is 1. The number of benzene rings is 1. The molecule has 8 heteroatoms. The van der Waals surface area contributed by atoms with E-state index < -0.39 is 10.0 Å². The van der Waals surface area contributed by atoms with Crippen molar-refractivity contribution in [2.24, 2.45) is 0 Å². The molecule has 3 N–H and O–H groups in total. The number of carbonyl (C=O) groups is 1. The second kappa shape index (κ2) is 8.08. The van der Waals surface area contributed by atoms with Gasteiger partial charge in [-0.15, -0.1) is 11.3 Å². The van der Waals surface area contributed by atoms with E-state index in [4.69, 9.17) is 0 Å². The van der Waals surface area contributed by atoms with Crippen molar-refractivity contribution >= 4 is 27.3 Å². The summed E-state index contributed by atoms with van der Waals surface area (Å²) in [5.41, 5.74) is 1.24. The molecule has 1 aromatic heterocycles. The van der Waals surface area contributed by atoms with Crippen molar-refractivity contribution in [3.8, 4) is 5.75 Å². The van der Waals surface area contributed by atoms with Crippen LogP contribution in [-0.4, -0.2) is 26.5 Å². The summed E-state index contributed by atoms with van der Waals surface area (Å²) in [5.74, 6) is -0.0471. The van der Waals surface area contributed by atoms with E-state index in [1.165, 1.54) is 13.1 Å². The van der Waals surface area contributed by atoms with E-state index in [1.807, 2.05) is 41.5 Å². The summed E-state index contributed by atoms with van der Waals surface area (Å²) >= 11 is 1.11. The summed E-state index contributed by atoms with van der Waals surface area (Å²) in [7, 11) is -2.13. The average molecular weight is 439 g/mol. The lowest BCUT2D eigenvalue weighted by molar-refractivity contribution is 0.0951. The highest BCUT2D eigenvalue weighted by atomic mass is 32.2. The van der Waals surface area contributed by atoms with Crippen molar-refractivity contribution < 1.29 is 18.3 Å². The number of thiophene rings is 1. The molecule has 0 aliphatic rings. The molecule has 29 heavy (non-hydrogen) atoms. The topological polar surface area (TPSA) is 95.5 Å². The number of nitrogens with one attached hydrogen (secondary N) is 2. The summed E-state index contributed by atoms with van der Waals surface area (Å²) in [6.07, 6.45) is 0. The Labute approximate surface area is 177 Å². The lowest BCUT2D eigenvalue weighted by Crippen LogP contribution is -2.25. The smallest absolute Gasteiger partial charge is 0.251 e. The average Bonchev–Trinajstić information content (AvgIpc) is 3.07. The van der Waals surface area contributed by atoms with Gasteiger partial charge in [0.25, 0.3) is 5.91 Å². The van der Waals surface area contributed by atoms with Crippen LogP contribution in [-0.2, 0) is 27.4 Å². The van der Waals surface area contributed by atoms with Crippen LogP contribution in [0.2, 0.25) is 0 Å². The van der Waals surface area contributed by atoms with Gasteiger partial charge in [-0.05, 0) is 42.1 Å². The van der Waals surface area contributed by atoms with Crippen LogP contribution in [0.5, 0.6) is 5.75 Å². The molecule has 2 aromatic rings. The minimum Gasteiger partial charge on any atom is -0.507 e. The first-order chi connectivity index (χ1) is 13.2. The molecular formula is C21H30N2O4S2. The number of hydrogen-bond donors (Lipinski definition) is 3. The molecule has 0 fully saturated rings. The third kappa shape index (κ3) is 5.38. The molecule has 0 saturated carbocycles. The minimum absolute atomic E-state index is 0.207. The van der Waals surface area contributed by atoms with Crippen molar-refractivity contribution in [1.29, 1.82) is 0 Å². The third-order valence-corrected chi connectivity index (χ3v) is 7.57. The van der Waals surface area contributed by atoms with Gasteiger partial charge in [-0.25, -0.2) is 13.1 Å². The summed E-state index contributed by atoms with van der Waals surface area (Å²) < 4.78 is 26.2. The van der Waals surface area contributed by atoms with E-state index in [-0.39, 0.29) is 33.2 Å². The predicted octanol–water partition coefficient (Wildman–Crippen LogP) is 3.89. The van der Waals surface area contributed by atoms with Crippen LogP contribution in [0.3, 0.4) is 0 Å². The standard InChI is InChI=1S/C21H30N2O4S2/c1-20(2,3)15-10-13(11-16(18(15)24)21(4,5)6)19(25)23-12-14-8-9-17(28-14)29(26,27)22-7/h8-11,22,24H,12H2,1-7H3,(H,23,25). The van der Waals surface area contributed by atoms with E-state index in [0.29, 0.717) is 16.7 Å². The zero-order valence-electron chi connectivity index (χ0n) is 18.0. The van der Waals surface area contributed by atoms with E-state index >= 15 is 0 Å². The van der Waals surface area contributed by atoms with Crippen LogP contribution in [0.15, 0.2) is 28.5 Å². The summed E-state index contributed by atoms with van der Waals surface area (Å²) in [6, 6.07) is 6.66. The second-order valence-electron chi connectivity index (χ2n) is 9.03. The molecular weight excluding hydrogens is 408 g/mol. The fourth-order valence-electron chi connectivity index (χ4n) is 2.88. The van der Waals surface area contributed by atoms with Crippen molar-refractivity contribution in [3.63, 3.8) is 0 Å². The fraction of sp³-hybridized carbons (Fsp3) is 0.476. The Hall–Kier alpha value is -1.90. The van der Waals surface area contributed by atoms with Crippen molar-refractivity contribution in [3.05, 3.63) is 45.8 Å². The summed E-state index contributed by atoms with van der Waals surface area (Å²) in [5, 5.41) is 13.6. The van der Waals surface area contributed by atoms with Gasteiger partial charge in [0, 0.05) is 21.6 Å². The van der Waals surface area contributed by atoms with Crippen LogP contribution < -0.4 is 10.0 Å². The number of rotatable bonds is 5. The number of phenolic OH excluding ortho intramolecular Hbond substituents is 1. The highest BCUT2D eigenvalue weighted by molar-refractivity contribution is 7.91. The number of sulfonamides is 1. The molecule has 0 radical (unpaired) electrons. The zero-order valence-corrected chi connectivity index (χ0v) is 19.6. The largest absolute Gasteiger partial charge is 0.507 e. The van der Waals surface area contributed by atoms with Gasteiger partial charge in [0.15, 0.2) is 0 Å². The van der Waals surface area contributed by atoms with Crippen LogP contribution in [0.4, 0.5) is 0 Å². The maximum atomic E-state index is 12.8. The minimum atomic E-state index is -3.49. The fourth-order valence-corrected chi connectivity index (χ4v) is 5.01. The number of hydrogen-bond acceptors (Lipinski definition) is 5. The monoisotopic (exact) mass is 438 g/mol. The molecule has 0 bridgehead atoms. The highest BCUT2D eigenvalue weighted by Crippen LogP contribution is 2.39. The van der Waals surface area contributed by atoms with Crippen molar-refractivity contribution in [2.75, 3.05) is 7.05 Å². The highest BCUT2D eigenvalue weighted by Gasteiger charge is 2.27. The van der Waals surface area contributed by atoms with Crippen LogP contribution in [0.25, 0.3) is 0 Å². The first-order valence-electron chi connectivity index (χ1n) is 9.35. The quantitative estimate of drug-likeness (QED) is 0.660. The van der Waals surface area contributed by atoms with Crippen LogP contribution >= 0.6 is 11.3 Å². The molecule has 0 aliphatic heterocycles. The van der Waals surface area contributed by atoms with Gasteiger partial charge >= 0.3 is 0 Å². The first kappa shape index (κ1) is 23.4. The number of phenols is 1. The Morgan fingerprint density at radius 2 is 1.55 bits per heavy atom. The molecule has 6 nitrogen and oxygen atoms in total. The molecule has 0 spiro atoms. The van der Waals surface area contributed by atoms with Crippen LogP contribution in [0, 0.1) is 0 Å². The summed E-state index contributed by atoms with van der Waals surface area (Å²) in [4.78, 5) is 13.6. The molecule has 0 atom stereocenters.